The number of nitrogens with one attached hydrogen (secondary N) is 1. The zero-order chi connectivity index (χ0) is 50.7. The van der Waals surface area contributed by atoms with Gasteiger partial charge in [0.1, 0.15) is 29.4 Å². The van der Waals surface area contributed by atoms with E-state index in [-0.39, 0.29) is 55.2 Å². The molecule has 1 N–H and O–H groups in total. The Bertz CT molecular complexity index is 2750. The number of hydrogen-bond donors (Lipinski definition) is 1. The molecule has 0 bridgehead atoms. The summed E-state index contributed by atoms with van der Waals surface area (Å²) < 4.78 is 14.3. The summed E-state index contributed by atoms with van der Waals surface area (Å²) in [7, 11) is 5.26. The average molecular weight is 1020 g/mol. The second-order valence-electron chi connectivity index (χ2n) is 20.8. The summed E-state index contributed by atoms with van der Waals surface area (Å²) in [6.07, 6.45) is 8.04. The lowest BCUT2D eigenvalue weighted by Crippen LogP contribution is -2.59. The number of ether oxygens (including phenoxy) is 2. The third-order valence-corrected chi connectivity index (χ3v) is 16.1. The number of benzene rings is 4. The molecule has 2 aliphatic carbocycles. The fourth-order valence-corrected chi connectivity index (χ4v) is 11.2. The topological polar surface area (TPSA) is 130 Å². The summed E-state index contributed by atoms with van der Waals surface area (Å²) >= 11 is 13.0. The van der Waals surface area contributed by atoms with Gasteiger partial charge in [0.05, 0.1) is 43.5 Å². The number of halogens is 2. The molecule has 13 nitrogen and oxygen atoms in total. The molecule has 3 fully saturated rings. The van der Waals surface area contributed by atoms with E-state index in [0.29, 0.717) is 46.5 Å². The quantitative estimate of drug-likeness (QED) is 0.117. The minimum absolute atomic E-state index is 0.0528. The largest absolute Gasteiger partial charge is 0.457 e. The molecule has 9 rings (SSSR count). The number of aromatic nitrogens is 2. The van der Waals surface area contributed by atoms with Crippen molar-refractivity contribution in [2.45, 2.75) is 102 Å². The number of nitrogens with zero attached hydrogens (tertiary/aromatic N) is 6. The van der Waals surface area contributed by atoms with Crippen LogP contribution in [-0.4, -0.2) is 118 Å². The van der Waals surface area contributed by atoms with Gasteiger partial charge in [0.15, 0.2) is 0 Å². The van der Waals surface area contributed by atoms with Gasteiger partial charge in [0.25, 0.3) is 0 Å². The van der Waals surface area contributed by atoms with Crippen LogP contribution in [0.1, 0.15) is 86.4 Å². The molecule has 2 saturated heterocycles. The molecule has 2 aliphatic heterocycles. The maximum Gasteiger partial charge on any atom is 0.247 e. The first kappa shape index (κ1) is 51.2. The highest BCUT2D eigenvalue weighted by atomic mass is 35.5. The highest BCUT2D eigenvalue weighted by molar-refractivity contribution is 6.31. The number of rotatable bonds is 14. The number of methoxy groups -OCH3 is 1. The lowest BCUT2D eigenvalue weighted by atomic mass is 9.83. The van der Waals surface area contributed by atoms with Gasteiger partial charge >= 0.3 is 0 Å². The number of carbonyl (C=O) groups excluding carboxylic acids is 4. The van der Waals surface area contributed by atoms with E-state index in [1.54, 1.807) is 37.1 Å². The van der Waals surface area contributed by atoms with Crippen LogP contribution in [0, 0.1) is 11.3 Å². The molecule has 4 amide bonds. The van der Waals surface area contributed by atoms with E-state index in [4.69, 9.17) is 37.7 Å². The normalized spacial score (nSPS) is 23.0. The van der Waals surface area contributed by atoms with Crippen molar-refractivity contribution in [1.82, 2.24) is 34.5 Å². The molecule has 4 aromatic carbocycles. The van der Waals surface area contributed by atoms with Crippen LogP contribution in [0.25, 0.3) is 11.3 Å². The fourth-order valence-electron chi connectivity index (χ4n) is 10.9. The number of amides is 4. The summed E-state index contributed by atoms with van der Waals surface area (Å²) in [5.41, 5.74) is 5.66. The monoisotopic (exact) mass is 1020 g/mol. The van der Waals surface area contributed by atoms with Crippen molar-refractivity contribution in [3.05, 3.63) is 135 Å². The summed E-state index contributed by atoms with van der Waals surface area (Å²) in [4.78, 5) is 72.9. The van der Waals surface area contributed by atoms with Crippen LogP contribution in [0.3, 0.4) is 0 Å². The number of imidazole rings is 1. The van der Waals surface area contributed by atoms with Gasteiger partial charge in [0, 0.05) is 61.9 Å². The summed E-state index contributed by atoms with van der Waals surface area (Å²) in [5, 5.41) is 4.00. The predicted molar refractivity (Wildman–Crippen MR) is 280 cm³/mol. The SMILES string of the molecule is COC[C@@H]1NC(=O)[C@H](C)N(Cc2ccc(Cl)cc2Oc2ccc(-c3cnc(CN4CCCC4)n3C)cc2)C(=O)C[C@@H]([C@H]2CCc3ccccc32)C(=O)N(CC2(C)CC2)C[C@@H](Cc2ccc(Cl)cc2)N(C)C1=O. The summed E-state index contributed by atoms with van der Waals surface area (Å²) in [6, 6.07) is 26.0. The van der Waals surface area contributed by atoms with E-state index in [9.17, 15) is 9.59 Å². The van der Waals surface area contributed by atoms with Crippen LogP contribution in [0.4, 0.5) is 0 Å². The molecular weight excluding hydrogens is 950 g/mol. The number of aryl methyl sites for hydroxylation is 1. The van der Waals surface area contributed by atoms with E-state index in [2.05, 4.69) is 33.8 Å². The van der Waals surface area contributed by atoms with E-state index < -0.39 is 30.0 Å². The molecule has 380 valence electrons. The van der Waals surface area contributed by atoms with Crippen LogP contribution < -0.4 is 10.1 Å². The Hall–Kier alpha value is -5.73. The zero-order valence-electron chi connectivity index (χ0n) is 42.1. The van der Waals surface area contributed by atoms with Crippen LogP contribution in [0.2, 0.25) is 10.0 Å². The molecular formula is C57H67Cl2N7O6. The van der Waals surface area contributed by atoms with E-state index in [0.717, 1.165) is 67.1 Å². The van der Waals surface area contributed by atoms with Gasteiger partial charge in [-0.05, 0) is 142 Å². The van der Waals surface area contributed by atoms with E-state index in [1.165, 1.54) is 30.4 Å². The Morgan fingerprint density at radius 1 is 0.847 bits per heavy atom. The summed E-state index contributed by atoms with van der Waals surface area (Å²) in [5.74, 6) is -0.434. The molecule has 1 saturated carbocycles. The molecule has 0 unspecified atom stereocenters. The van der Waals surface area contributed by atoms with Gasteiger partial charge in [-0.1, -0.05) is 72.6 Å². The van der Waals surface area contributed by atoms with E-state index in [1.807, 2.05) is 78.8 Å². The van der Waals surface area contributed by atoms with Crippen LogP contribution in [-0.2, 0) is 56.9 Å². The maximum atomic E-state index is 15.8. The van der Waals surface area contributed by atoms with Crippen LogP contribution in [0.15, 0.2) is 97.2 Å². The van der Waals surface area contributed by atoms with E-state index >= 15 is 9.59 Å². The number of fused-ring (bicyclic) bond motifs is 1. The first-order valence-electron chi connectivity index (χ1n) is 25.4. The predicted octanol–water partition coefficient (Wildman–Crippen LogP) is 9.08. The minimum Gasteiger partial charge on any atom is -0.457 e. The number of likely N-dealkylation sites (N-methyl/N-ethyl adjacent to an activating group) is 1. The number of carbonyl (C=O) groups is 4. The third-order valence-electron chi connectivity index (χ3n) is 15.6. The summed E-state index contributed by atoms with van der Waals surface area (Å²) in [6.45, 7) is 7.39. The Morgan fingerprint density at radius 3 is 2.29 bits per heavy atom. The van der Waals surface area contributed by atoms with Crippen molar-refractivity contribution < 1.29 is 28.7 Å². The van der Waals surface area contributed by atoms with Gasteiger partial charge in [0.2, 0.25) is 23.6 Å². The van der Waals surface area contributed by atoms with Gasteiger partial charge in [-0.2, -0.15) is 0 Å². The van der Waals surface area contributed by atoms with Crippen molar-refractivity contribution in [1.29, 1.82) is 0 Å². The highest BCUT2D eigenvalue weighted by Gasteiger charge is 2.46. The lowest BCUT2D eigenvalue weighted by molar-refractivity contribution is -0.149. The second-order valence-corrected chi connectivity index (χ2v) is 21.7. The van der Waals surface area contributed by atoms with Gasteiger partial charge < -0.3 is 34.1 Å². The maximum absolute atomic E-state index is 15.8. The lowest BCUT2D eigenvalue weighted by Gasteiger charge is -2.40. The Morgan fingerprint density at radius 2 is 1.57 bits per heavy atom. The van der Waals surface area contributed by atoms with Gasteiger partial charge in [-0.3, -0.25) is 24.1 Å². The third kappa shape index (κ3) is 11.7. The highest BCUT2D eigenvalue weighted by Crippen LogP contribution is 2.47. The van der Waals surface area contributed by atoms with Crippen LogP contribution in [0.5, 0.6) is 11.5 Å². The second kappa shape index (κ2) is 22.2. The molecule has 0 radical (unpaired) electrons. The van der Waals surface area contributed by atoms with Gasteiger partial charge in [-0.15, -0.1) is 0 Å². The molecule has 4 aliphatic rings. The number of likely N-dealkylation sites (tertiary alicyclic amines) is 1. The first-order chi connectivity index (χ1) is 34.7. The molecule has 15 heteroatoms. The Labute approximate surface area is 433 Å². The Balaban J connectivity index is 1.05. The van der Waals surface area contributed by atoms with Crippen molar-refractivity contribution in [2.24, 2.45) is 18.4 Å². The van der Waals surface area contributed by atoms with Crippen molar-refractivity contribution in [2.75, 3.05) is 46.9 Å². The molecule has 3 heterocycles. The molecule has 72 heavy (non-hydrogen) atoms. The first-order valence-corrected chi connectivity index (χ1v) is 26.2. The average Bonchev–Trinajstić information content (AvgIpc) is 3.69. The Kier molecular flexibility index (Phi) is 15.8. The molecule has 5 atom stereocenters. The van der Waals surface area contributed by atoms with Crippen molar-refractivity contribution >= 4 is 46.8 Å². The molecule has 5 aromatic rings. The minimum atomic E-state index is -1.09. The van der Waals surface area contributed by atoms with Gasteiger partial charge in [-0.25, -0.2) is 4.98 Å². The van der Waals surface area contributed by atoms with Crippen LogP contribution >= 0.6 is 23.2 Å². The molecule has 1 aromatic heterocycles. The standard InChI is InChI=1S/C57H67Cl2N7O6/c1-37-54(68)61-49(35-71-5)56(70)62(3)44(28-38-12-18-42(58)19-13-38)33-65(36-57(2)24-25-57)55(69)48(47-23-17-39-10-6-7-11-46(39)47)30-53(67)66(37)32-41-14-20-43(59)29-51(41)72-45-21-15-40(16-22-45)50-31-60-52(63(50)4)34-64-26-8-9-27-64/h6-7,10-16,18-22,29,31,37,44,47-49H,8-9,17,23-28,30,32-36H2,1-5H3,(H,61,68)/t37-,44+,47-,48-,49-/m0/s1. The fraction of sp³-hybridized carbons (Fsp3) is 0.456. The van der Waals surface area contributed by atoms with Crippen molar-refractivity contribution in [3.63, 3.8) is 0 Å². The smallest absolute Gasteiger partial charge is 0.247 e. The molecule has 0 spiro atoms. The van der Waals surface area contributed by atoms with Crippen molar-refractivity contribution in [3.8, 4) is 22.8 Å². The zero-order valence-corrected chi connectivity index (χ0v) is 43.6. The number of hydrogen-bond acceptors (Lipinski definition) is 8.